The molecule has 19 heavy (non-hydrogen) atoms. The standard InChI is InChI=1S/C14H15BrClFN2/c1-8-4-9(8)7-19-13-5-10(15)11(17)6-12(13)18-14(19)2-3-16/h5-6,8-9H,2-4,7H2,1H3. The molecule has 2 atom stereocenters. The molecule has 1 aliphatic carbocycles. The molecule has 0 aliphatic heterocycles. The van der Waals surface area contributed by atoms with Crippen LogP contribution < -0.4 is 0 Å². The summed E-state index contributed by atoms with van der Waals surface area (Å²) in [6.45, 7) is 3.22. The molecule has 5 heteroatoms. The molecule has 1 saturated carbocycles. The third-order valence-electron chi connectivity index (χ3n) is 3.88. The van der Waals surface area contributed by atoms with Crippen LogP contribution in [0.25, 0.3) is 11.0 Å². The quantitative estimate of drug-likeness (QED) is 0.752. The van der Waals surface area contributed by atoms with E-state index < -0.39 is 0 Å². The maximum absolute atomic E-state index is 13.6. The molecular formula is C14H15BrClFN2. The van der Waals surface area contributed by atoms with Crippen LogP contribution in [0.4, 0.5) is 4.39 Å². The van der Waals surface area contributed by atoms with Gasteiger partial charge in [0.2, 0.25) is 0 Å². The van der Waals surface area contributed by atoms with Gasteiger partial charge in [0, 0.05) is 24.9 Å². The molecular weight excluding hydrogens is 331 g/mol. The summed E-state index contributed by atoms with van der Waals surface area (Å²) in [4.78, 5) is 4.53. The average molecular weight is 346 g/mol. The van der Waals surface area contributed by atoms with Crippen LogP contribution in [0.15, 0.2) is 16.6 Å². The fourth-order valence-corrected chi connectivity index (χ4v) is 3.04. The highest BCUT2D eigenvalue weighted by Crippen LogP contribution is 2.40. The number of aromatic nitrogens is 2. The molecule has 0 N–H and O–H groups in total. The fraction of sp³-hybridized carbons (Fsp3) is 0.500. The number of imidazole rings is 1. The molecule has 102 valence electrons. The Kier molecular flexibility index (Phi) is 3.56. The van der Waals surface area contributed by atoms with Crippen molar-refractivity contribution >= 4 is 38.6 Å². The fourth-order valence-electron chi connectivity index (χ4n) is 2.54. The van der Waals surface area contributed by atoms with Crippen molar-refractivity contribution in [2.45, 2.75) is 26.3 Å². The summed E-state index contributed by atoms with van der Waals surface area (Å²) < 4.78 is 16.3. The molecule has 0 amide bonds. The second-order valence-corrected chi connectivity index (χ2v) is 6.54. The molecule has 1 aromatic carbocycles. The minimum Gasteiger partial charge on any atom is -0.328 e. The van der Waals surface area contributed by atoms with Gasteiger partial charge < -0.3 is 4.57 Å². The van der Waals surface area contributed by atoms with Crippen LogP contribution in [0.2, 0.25) is 0 Å². The van der Waals surface area contributed by atoms with Gasteiger partial charge in [0.15, 0.2) is 0 Å². The number of fused-ring (bicyclic) bond motifs is 1. The number of nitrogens with zero attached hydrogens (tertiary/aromatic N) is 2. The van der Waals surface area contributed by atoms with Gasteiger partial charge in [0.1, 0.15) is 11.6 Å². The zero-order valence-electron chi connectivity index (χ0n) is 10.7. The molecule has 1 aliphatic rings. The van der Waals surface area contributed by atoms with Crippen LogP contribution in [0.5, 0.6) is 0 Å². The maximum atomic E-state index is 13.6. The first-order chi connectivity index (χ1) is 9.10. The Morgan fingerprint density at radius 1 is 1.53 bits per heavy atom. The molecule has 2 aromatic rings. The summed E-state index contributed by atoms with van der Waals surface area (Å²) >= 11 is 9.09. The van der Waals surface area contributed by atoms with Crippen molar-refractivity contribution in [2.75, 3.05) is 5.88 Å². The third kappa shape index (κ3) is 2.52. The van der Waals surface area contributed by atoms with Crippen molar-refractivity contribution in [1.82, 2.24) is 9.55 Å². The summed E-state index contributed by atoms with van der Waals surface area (Å²) in [5.74, 6) is 2.73. The minimum absolute atomic E-state index is 0.269. The van der Waals surface area contributed by atoms with Gasteiger partial charge >= 0.3 is 0 Å². The Morgan fingerprint density at radius 2 is 2.26 bits per heavy atom. The first-order valence-corrected chi connectivity index (χ1v) is 7.83. The Labute approximate surface area is 125 Å². The van der Waals surface area contributed by atoms with Gasteiger partial charge in [0.25, 0.3) is 0 Å². The lowest BCUT2D eigenvalue weighted by Gasteiger charge is -2.08. The SMILES string of the molecule is CC1CC1Cn1c(CCCl)nc2cc(F)c(Br)cc21. The molecule has 0 radical (unpaired) electrons. The molecule has 3 rings (SSSR count). The number of rotatable bonds is 4. The molecule has 0 bridgehead atoms. The minimum atomic E-state index is -0.269. The van der Waals surface area contributed by atoms with Crippen molar-refractivity contribution in [3.8, 4) is 0 Å². The van der Waals surface area contributed by atoms with E-state index in [4.69, 9.17) is 11.6 Å². The lowest BCUT2D eigenvalue weighted by Crippen LogP contribution is -2.06. The summed E-state index contributed by atoms with van der Waals surface area (Å²) in [6, 6.07) is 3.31. The van der Waals surface area contributed by atoms with E-state index in [1.165, 1.54) is 12.5 Å². The number of alkyl halides is 1. The van der Waals surface area contributed by atoms with Gasteiger partial charge in [-0.2, -0.15) is 0 Å². The van der Waals surface area contributed by atoms with Gasteiger partial charge in [-0.3, -0.25) is 0 Å². The third-order valence-corrected chi connectivity index (χ3v) is 4.68. The Balaban J connectivity index is 2.08. The highest BCUT2D eigenvalue weighted by atomic mass is 79.9. The van der Waals surface area contributed by atoms with E-state index in [0.717, 1.165) is 36.1 Å². The zero-order chi connectivity index (χ0) is 13.6. The highest BCUT2D eigenvalue weighted by Gasteiger charge is 2.33. The van der Waals surface area contributed by atoms with Crippen LogP contribution in [-0.2, 0) is 13.0 Å². The van der Waals surface area contributed by atoms with Gasteiger partial charge in [0.05, 0.1) is 15.5 Å². The van der Waals surface area contributed by atoms with E-state index >= 15 is 0 Å². The summed E-state index contributed by atoms with van der Waals surface area (Å²) in [6.07, 6.45) is 1.99. The summed E-state index contributed by atoms with van der Waals surface area (Å²) in [5, 5.41) is 0. The first kappa shape index (κ1) is 13.4. The maximum Gasteiger partial charge on any atom is 0.139 e. The van der Waals surface area contributed by atoms with Gasteiger partial charge in [-0.25, -0.2) is 9.37 Å². The smallest absolute Gasteiger partial charge is 0.139 e. The zero-order valence-corrected chi connectivity index (χ0v) is 13.0. The van der Waals surface area contributed by atoms with Crippen LogP contribution >= 0.6 is 27.5 Å². The average Bonchev–Trinajstić information content (AvgIpc) is 2.96. The van der Waals surface area contributed by atoms with Crippen molar-refractivity contribution in [3.05, 3.63) is 28.2 Å². The lowest BCUT2D eigenvalue weighted by atomic mass is 10.3. The molecule has 1 fully saturated rings. The van der Waals surface area contributed by atoms with E-state index in [1.807, 2.05) is 6.07 Å². The molecule has 2 unspecified atom stereocenters. The van der Waals surface area contributed by atoms with E-state index in [-0.39, 0.29) is 5.82 Å². The van der Waals surface area contributed by atoms with Crippen LogP contribution in [-0.4, -0.2) is 15.4 Å². The Hall–Kier alpha value is -0.610. The number of benzene rings is 1. The van der Waals surface area contributed by atoms with Gasteiger partial charge in [-0.1, -0.05) is 6.92 Å². The van der Waals surface area contributed by atoms with Crippen molar-refractivity contribution < 1.29 is 4.39 Å². The Morgan fingerprint density at radius 3 is 2.89 bits per heavy atom. The van der Waals surface area contributed by atoms with E-state index in [2.05, 4.69) is 32.4 Å². The monoisotopic (exact) mass is 344 g/mol. The lowest BCUT2D eigenvalue weighted by molar-refractivity contribution is 0.584. The number of hydrogen-bond acceptors (Lipinski definition) is 1. The van der Waals surface area contributed by atoms with Crippen molar-refractivity contribution in [1.29, 1.82) is 0 Å². The summed E-state index contributed by atoms with van der Waals surface area (Å²) in [5.41, 5.74) is 1.71. The summed E-state index contributed by atoms with van der Waals surface area (Å²) in [7, 11) is 0. The first-order valence-electron chi connectivity index (χ1n) is 6.50. The molecule has 1 aromatic heterocycles. The van der Waals surface area contributed by atoms with E-state index in [0.29, 0.717) is 15.9 Å². The van der Waals surface area contributed by atoms with Gasteiger partial charge in [-0.15, -0.1) is 11.6 Å². The molecule has 0 saturated heterocycles. The van der Waals surface area contributed by atoms with E-state index in [1.54, 1.807) is 0 Å². The predicted molar refractivity (Wildman–Crippen MR) is 79.1 cm³/mol. The van der Waals surface area contributed by atoms with Gasteiger partial charge in [-0.05, 0) is 40.3 Å². The Bertz CT molecular complexity index is 625. The van der Waals surface area contributed by atoms with Crippen molar-refractivity contribution in [3.63, 3.8) is 0 Å². The molecule has 2 nitrogen and oxygen atoms in total. The number of aryl methyl sites for hydroxylation is 1. The molecule has 0 spiro atoms. The normalized spacial score (nSPS) is 22.1. The predicted octanol–water partition coefficient (Wildman–Crippen LogP) is 4.38. The second kappa shape index (κ2) is 5.06. The van der Waals surface area contributed by atoms with Crippen LogP contribution in [0.3, 0.4) is 0 Å². The largest absolute Gasteiger partial charge is 0.328 e. The number of halogens is 3. The number of hydrogen-bond donors (Lipinski definition) is 0. The molecule has 1 heterocycles. The van der Waals surface area contributed by atoms with E-state index in [9.17, 15) is 4.39 Å². The topological polar surface area (TPSA) is 17.8 Å². The van der Waals surface area contributed by atoms with Crippen molar-refractivity contribution in [2.24, 2.45) is 11.8 Å². The highest BCUT2D eigenvalue weighted by molar-refractivity contribution is 9.10. The second-order valence-electron chi connectivity index (χ2n) is 5.31. The van der Waals surface area contributed by atoms with Crippen LogP contribution in [0, 0.1) is 17.7 Å². The van der Waals surface area contributed by atoms with Crippen LogP contribution in [0.1, 0.15) is 19.2 Å².